The third kappa shape index (κ3) is 3.49. The first kappa shape index (κ1) is 15.9. The molecule has 0 aromatic carbocycles. The van der Waals surface area contributed by atoms with E-state index in [-0.39, 0.29) is 30.6 Å². The summed E-state index contributed by atoms with van der Waals surface area (Å²) in [5.41, 5.74) is -0.170. The fraction of sp³-hybridized carbons (Fsp3) is 1.00. The molecule has 5 atom stereocenters. The zero-order valence-corrected chi connectivity index (χ0v) is 12.7. The van der Waals surface area contributed by atoms with Gasteiger partial charge in [-0.05, 0) is 0 Å². The Morgan fingerprint density at radius 2 is 2.05 bits per heavy atom. The number of aliphatic hydroxyl groups excluding tert-OH is 2. The van der Waals surface area contributed by atoms with Crippen LogP contribution >= 0.6 is 11.6 Å². The van der Waals surface area contributed by atoms with E-state index >= 15 is 0 Å². The Morgan fingerprint density at radius 1 is 1.29 bits per heavy atom. The van der Waals surface area contributed by atoms with Gasteiger partial charge in [0, 0.05) is 19.6 Å². The van der Waals surface area contributed by atoms with E-state index in [2.05, 4.69) is 25.8 Å². The Hall–Kier alpha value is -0.0300. The molecule has 3 rings (SSSR count). The van der Waals surface area contributed by atoms with Crippen molar-refractivity contribution in [2.75, 3.05) is 46.1 Å². The predicted molar refractivity (Wildman–Crippen MR) is 77.5 cm³/mol. The van der Waals surface area contributed by atoms with Gasteiger partial charge in [-0.15, -0.1) is 11.6 Å². The monoisotopic (exact) mass is 321 g/mol. The molecule has 0 radical (unpaired) electrons. The van der Waals surface area contributed by atoms with Crippen molar-refractivity contribution in [2.24, 2.45) is 0 Å². The fourth-order valence-corrected chi connectivity index (χ4v) is 3.43. The lowest BCUT2D eigenvalue weighted by molar-refractivity contribution is -0.000153. The quantitative estimate of drug-likeness (QED) is 0.282. The number of hydrogen-bond acceptors (Lipinski definition) is 8. The van der Waals surface area contributed by atoms with Gasteiger partial charge in [0.15, 0.2) is 0 Å². The van der Waals surface area contributed by atoms with Crippen LogP contribution in [0.2, 0.25) is 0 Å². The SMILES string of the molecule is OCC(O)CN1CNC(Cl)C2NC(N3CCOCC3)NC21. The standard InChI is InChI=1S/C12H24ClN5O3/c13-10-9-11(18(7-14-10)5-8(20)6-19)16-12(15-9)17-1-3-21-4-2-17/h8-12,14-16,19-20H,1-7H2. The summed E-state index contributed by atoms with van der Waals surface area (Å²) < 4.78 is 5.38. The minimum atomic E-state index is -0.747. The van der Waals surface area contributed by atoms with E-state index in [4.69, 9.17) is 21.4 Å². The minimum absolute atomic E-state index is 0.0304. The second-order valence-electron chi connectivity index (χ2n) is 5.73. The molecule has 3 fully saturated rings. The fourth-order valence-electron chi connectivity index (χ4n) is 3.15. The van der Waals surface area contributed by atoms with E-state index in [1.54, 1.807) is 0 Å². The average Bonchev–Trinajstić information content (AvgIpc) is 2.97. The van der Waals surface area contributed by atoms with Crippen molar-refractivity contribution in [3.05, 3.63) is 0 Å². The third-order valence-electron chi connectivity index (χ3n) is 4.28. The van der Waals surface area contributed by atoms with Gasteiger partial charge in [-0.2, -0.15) is 0 Å². The smallest absolute Gasteiger partial charge is 0.116 e. The maximum Gasteiger partial charge on any atom is 0.116 e. The van der Waals surface area contributed by atoms with E-state index < -0.39 is 6.10 Å². The first-order chi connectivity index (χ1) is 10.2. The van der Waals surface area contributed by atoms with Gasteiger partial charge in [-0.25, -0.2) is 0 Å². The van der Waals surface area contributed by atoms with Gasteiger partial charge in [0.2, 0.25) is 0 Å². The van der Waals surface area contributed by atoms with Crippen LogP contribution in [0.5, 0.6) is 0 Å². The molecule has 0 aromatic heterocycles. The van der Waals surface area contributed by atoms with Gasteiger partial charge in [0.1, 0.15) is 11.8 Å². The maximum absolute atomic E-state index is 9.68. The molecule has 9 heteroatoms. The molecule has 3 aliphatic heterocycles. The summed E-state index contributed by atoms with van der Waals surface area (Å²) in [4.78, 5) is 4.37. The molecule has 3 aliphatic rings. The Balaban J connectivity index is 1.64. The predicted octanol–water partition coefficient (Wildman–Crippen LogP) is -2.73. The van der Waals surface area contributed by atoms with Gasteiger partial charge in [0.25, 0.3) is 0 Å². The summed E-state index contributed by atoms with van der Waals surface area (Å²) in [5.74, 6) is 0. The number of β-amino-alcohol motifs (C(OH)–C–C–N with tert-alkyl or cyclic N) is 1. The van der Waals surface area contributed by atoms with Crippen molar-refractivity contribution in [2.45, 2.75) is 30.1 Å². The number of alkyl halides is 1. The number of fused-ring (bicyclic) bond motifs is 1. The van der Waals surface area contributed by atoms with E-state index in [1.807, 2.05) is 0 Å². The zero-order chi connectivity index (χ0) is 14.8. The Kier molecular flexibility index (Phi) is 5.31. The van der Waals surface area contributed by atoms with E-state index in [0.717, 1.165) is 26.3 Å². The summed E-state index contributed by atoms with van der Waals surface area (Å²) in [6, 6.07) is 0.0409. The lowest BCUT2D eigenvalue weighted by atomic mass is 10.1. The molecule has 8 nitrogen and oxygen atoms in total. The molecule has 3 heterocycles. The Morgan fingerprint density at radius 3 is 2.76 bits per heavy atom. The number of ether oxygens (including phenoxy) is 1. The topological polar surface area (TPSA) is 92.3 Å². The zero-order valence-electron chi connectivity index (χ0n) is 11.9. The molecule has 3 saturated heterocycles. The average molecular weight is 322 g/mol. The van der Waals surface area contributed by atoms with Crippen LogP contribution in [0.15, 0.2) is 0 Å². The molecular formula is C12H24ClN5O3. The summed E-state index contributed by atoms with van der Waals surface area (Å²) in [7, 11) is 0. The van der Waals surface area contributed by atoms with Crippen LogP contribution in [0.25, 0.3) is 0 Å². The number of aliphatic hydroxyl groups is 2. The molecule has 5 N–H and O–H groups in total. The second kappa shape index (κ2) is 7.03. The molecule has 0 bridgehead atoms. The highest BCUT2D eigenvalue weighted by molar-refractivity contribution is 6.21. The second-order valence-corrected chi connectivity index (χ2v) is 6.20. The first-order valence-corrected chi connectivity index (χ1v) is 7.87. The van der Waals surface area contributed by atoms with Crippen molar-refractivity contribution in [1.82, 2.24) is 25.8 Å². The summed E-state index contributed by atoms with van der Waals surface area (Å²) in [6.45, 7) is 3.98. The number of halogens is 1. The number of nitrogens with one attached hydrogen (secondary N) is 3. The molecule has 0 spiro atoms. The normalized spacial score (nSPS) is 40.1. The van der Waals surface area contributed by atoms with Crippen molar-refractivity contribution in [1.29, 1.82) is 0 Å². The minimum Gasteiger partial charge on any atom is -0.394 e. The Labute approximate surface area is 129 Å². The van der Waals surface area contributed by atoms with Gasteiger partial charge >= 0.3 is 0 Å². The molecule has 0 amide bonds. The number of morpholine rings is 1. The largest absolute Gasteiger partial charge is 0.394 e. The first-order valence-electron chi connectivity index (χ1n) is 7.43. The summed E-state index contributed by atoms with van der Waals surface area (Å²) in [6.07, 6.45) is -0.662. The highest BCUT2D eigenvalue weighted by atomic mass is 35.5. The molecular weight excluding hydrogens is 298 g/mol. The number of rotatable bonds is 4. The van der Waals surface area contributed by atoms with Crippen LogP contribution in [0.4, 0.5) is 0 Å². The van der Waals surface area contributed by atoms with Crippen molar-refractivity contribution >= 4 is 11.6 Å². The number of hydrogen-bond donors (Lipinski definition) is 5. The van der Waals surface area contributed by atoms with Crippen LogP contribution in [0, 0.1) is 0 Å². The van der Waals surface area contributed by atoms with E-state index in [9.17, 15) is 5.11 Å². The lowest BCUT2D eigenvalue weighted by Gasteiger charge is -2.40. The highest BCUT2D eigenvalue weighted by Crippen LogP contribution is 2.21. The third-order valence-corrected chi connectivity index (χ3v) is 4.71. The molecule has 5 unspecified atom stereocenters. The number of nitrogens with zero attached hydrogens (tertiary/aromatic N) is 2. The van der Waals surface area contributed by atoms with Crippen molar-refractivity contribution in [3.63, 3.8) is 0 Å². The highest BCUT2D eigenvalue weighted by Gasteiger charge is 2.45. The molecule has 21 heavy (non-hydrogen) atoms. The van der Waals surface area contributed by atoms with Gasteiger partial charge in [0.05, 0.1) is 44.8 Å². The Bertz CT molecular complexity index is 347. The molecule has 0 aliphatic carbocycles. The van der Waals surface area contributed by atoms with E-state index in [1.165, 1.54) is 0 Å². The summed E-state index contributed by atoms with van der Waals surface area (Å²) >= 11 is 6.36. The maximum atomic E-state index is 9.68. The van der Waals surface area contributed by atoms with Crippen molar-refractivity contribution in [3.8, 4) is 0 Å². The van der Waals surface area contributed by atoms with Gasteiger partial charge in [-0.1, -0.05) is 0 Å². The molecule has 0 aromatic rings. The summed E-state index contributed by atoms with van der Waals surface area (Å²) in [5, 5.41) is 29.0. The van der Waals surface area contributed by atoms with Crippen LogP contribution in [-0.4, -0.2) is 96.2 Å². The van der Waals surface area contributed by atoms with E-state index in [0.29, 0.717) is 13.2 Å². The van der Waals surface area contributed by atoms with Crippen LogP contribution in [-0.2, 0) is 4.74 Å². The van der Waals surface area contributed by atoms with Crippen molar-refractivity contribution < 1.29 is 14.9 Å². The molecule has 0 saturated carbocycles. The van der Waals surface area contributed by atoms with Crippen LogP contribution in [0.1, 0.15) is 0 Å². The lowest BCUT2D eigenvalue weighted by Crippen LogP contribution is -2.64. The van der Waals surface area contributed by atoms with Crippen LogP contribution in [0.3, 0.4) is 0 Å². The van der Waals surface area contributed by atoms with Gasteiger partial charge in [-0.3, -0.25) is 25.8 Å². The van der Waals surface area contributed by atoms with Gasteiger partial charge < -0.3 is 14.9 Å². The molecule has 122 valence electrons. The van der Waals surface area contributed by atoms with Crippen LogP contribution < -0.4 is 16.0 Å².